The first kappa shape index (κ1) is 15.0. The van der Waals surface area contributed by atoms with Gasteiger partial charge in [-0.15, -0.1) is 0 Å². The zero-order valence-electron chi connectivity index (χ0n) is 9.78. The Kier molecular flexibility index (Phi) is 4.89. The number of hydrogen-bond donors (Lipinski definition) is 1. The average Bonchev–Trinajstić information content (AvgIpc) is 2.31. The Morgan fingerprint density at radius 3 is 2.63 bits per heavy atom. The van der Waals surface area contributed by atoms with Gasteiger partial charge < -0.3 is 10.5 Å². The quantitative estimate of drug-likeness (QED) is 0.798. The number of carbonyl (C=O) groups is 1. The highest BCUT2D eigenvalue weighted by Gasteiger charge is 2.45. The van der Waals surface area contributed by atoms with Gasteiger partial charge in [0.2, 0.25) is 5.91 Å². The molecule has 1 rings (SSSR count). The van der Waals surface area contributed by atoms with E-state index < -0.39 is 42.3 Å². The van der Waals surface area contributed by atoms with E-state index in [1.807, 2.05) is 0 Å². The fourth-order valence-electron chi connectivity index (χ4n) is 1.61. The fraction of sp³-hybridized carbons (Fsp3) is 0.333. The Morgan fingerprint density at radius 1 is 1.47 bits per heavy atom. The molecule has 0 aliphatic rings. The summed E-state index contributed by atoms with van der Waals surface area (Å²) in [6.45, 7) is -1.75. The standard InChI is InChI=1S/C12H11F3N2O2/c13-9-4-2-1-3-8(9)10(11(17)18)12(14,15)7-19-6-5-16/h1-4,10H,6-7H2,(H2,17,18). The number of alkyl halides is 2. The van der Waals surface area contributed by atoms with Crippen molar-refractivity contribution in [3.05, 3.63) is 35.6 Å². The second-order valence-corrected chi connectivity index (χ2v) is 3.77. The summed E-state index contributed by atoms with van der Waals surface area (Å²) >= 11 is 0. The second kappa shape index (κ2) is 6.20. The van der Waals surface area contributed by atoms with Crippen molar-refractivity contribution in [1.29, 1.82) is 5.26 Å². The minimum atomic E-state index is -3.70. The summed E-state index contributed by atoms with van der Waals surface area (Å²) in [5.41, 5.74) is 4.42. The van der Waals surface area contributed by atoms with E-state index in [9.17, 15) is 18.0 Å². The van der Waals surface area contributed by atoms with Crippen LogP contribution in [0.4, 0.5) is 13.2 Å². The van der Waals surface area contributed by atoms with Crippen LogP contribution >= 0.6 is 0 Å². The lowest BCUT2D eigenvalue weighted by molar-refractivity contribution is -0.136. The van der Waals surface area contributed by atoms with E-state index in [2.05, 4.69) is 4.74 Å². The number of nitrogens with two attached hydrogens (primary N) is 1. The summed E-state index contributed by atoms with van der Waals surface area (Å²) in [4.78, 5) is 11.2. The van der Waals surface area contributed by atoms with Crippen LogP contribution in [0.2, 0.25) is 0 Å². The van der Waals surface area contributed by atoms with Crippen LogP contribution in [0.3, 0.4) is 0 Å². The minimum absolute atomic E-state index is 0.499. The number of rotatable bonds is 6. The predicted molar refractivity (Wildman–Crippen MR) is 59.7 cm³/mol. The molecule has 7 heteroatoms. The van der Waals surface area contributed by atoms with Crippen molar-refractivity contribution >= 4 is 5.91 Å². The summed E-state index contributed by atoms with van der Waals surface area (Å²) in [5, 5.41) is 8.20. The SMILES string of the molecule is N#CCOCC(F)(F)C(C(N)=O)c1ccccc1F. The number of primary amides is 1. The summed E-state index contributed by atoms with van der Waals surface area (Å²) in [5.74, 6) is -8.17. The number of benzene rings is 1. The number of nitriles is 1. The smallest absolute Gasteiger partial charge is 0.286 e. The lowest BCUT2D eigenvalue weighted by Gasteiger charge is -2.24. The second-order valence-electron chi connectivity index (χ2n) is 3.77. The molecule has 0 aliphatic carbocycles. The molecule has 0 heterocycles. The number of halogens is 3. The van der Waals surface area contributed by atoms with Gasteiger partial charge in [-0.05, 0) is 6.07 Å². The molecule has 102 valence electrons. The number of carbonyl (C=O) groups excluding carboxylic acids is 1. The van der Waals surface area contributed by atoms with Crippen molar-refractivity contribution in [3.63, 3.8) is 0 Å². The molecule has 0 aromatic heterocycles. The molecule has 0 spiro atoms. The van der Waals surface area contributed by atoms with Gasteiger partial charge in [-0.25, -0.2) is 13.2 Å². The maximum absolute atomic E-state index is 13.8. The van der Waals surface area contributed by atoms with Crippen LogP contribution in [0.5, 0.6) is 0 Å². The molecule has 1 unspecified atom stereocenters. The van der Waals surface area contributed by atoms with Gasteiger partial charge >= 0.3 is 0 Å². The van der Waals surface area contributed by atoms with Crippen LogP contribution in [0.15, 0.2) is 24.3 Å². The summed E-state index contributed by atoms with van der Waals surface area (Å²) < 4.78 is 45.5. The van der Waals surface area contributed by atoms with E-state index >= 15 is 0 Å². The highest BCUT2D eigenvalue weighted by Crippen LogP contribution is 2.34. The van der Waals surface area contributed by atoms with Crippen molar-refractivity contribution in [2.45, 2.75) is 11.8 Å². The molecular weight excluding hydrogens is 261 g/mol. The van der Waals surface area contributed by atoms with Gasteiger partial charge in [0.25, 0.3) is 5.92 Å². The van der Waals surface area contributed by atoms with Crippen molar-refractivity contribution < 1.29 is 22.7 Å². The van der Waals surface area contributed by atoms with Crippen LogP contribution in [-0.4, -0.2) is 25.0 Å². The third-order valence-corrected chi connectivity index (χ3v) is 2.38. The van der Waals surface area contributed by atoms with E-state index in [-0.39, 0.29) is 0 Å². The molecule has 0 saturated carbocycles. The highest BCUT2D eigenvalue weighted by molar-refractivity contribution is 5.83. The molecular formula is C12H11F3N2O2. The fourth-order valence-corrected chi connectivity index (χ4v) is 1.61. The van der Waals surface area contributed by atoms with Crippen LogP contribution in [0, 0.1) is 17.1 Å². The predicted octanol–water partition coefficient (Wildman–Crippen LogP) is 1.57. The Bertz CT molecular complexity index is 500. The van der Waals surface area contributed by atoms with E-state index in [1.54, 1.807) is 0 Å². The van der Waals surface area contributed by atoms with Gasteiger partial charge in [0.15, 0.2) is 0 Å². The van der Waals surface area contributed by atoms with Gasteiger partial charge in [-0.2, -0.15) is 5.26 Å². The van der Waals surface area contributed by atoms with Crippen LogP contribution < -0.4 is 5.73 Å². The topological polar surface area (TPSA) is 76.1 Å². The maximum Gasteiger partial charge on any atom is 0.286 e. The Labute approximate surface area is 107 Å². The molecule has 0 radical (unpaired) electrons. The molecule has 0 bridgehead atoms. The van der Waals surface area contributed by atoms with Crippen LogP contribution in [-0.2, 0) is 9.53 Å². The molecule has 2 N–H and O–H groups in total. The Balaban J connectivity index is 3.05. The van der Waals surface area contributed by atoms with Gasteiger partial charge in [0, 0.05) is 5.56 Å². The minimum Gasteiger partial charge on any atom is -0.369 e. The van der Waals surface area contributed by atoms with E-state index in [0.717, 1.165) is 12.1 Å². The molecule has 19 heavy (non-hydrogen) atoms. The average molecular weight is 272 g/mol. The number of amides is 1. The van der Waals surface area contributed by atoms with Crippen molar-refractivity contribution in [1.82, 2.24) is 0 Å². The molecule has 0 aliphatic heterocycles. The van der Waals surface area contributed by atoms with E-state index in [1.165, 1.54) is 18.2 Å². The third kappa shape index (κ3) is 3.69. The molecule has 1 amide bonds. The Morgan fingerprint density at radius 2 is 2.11 bits per heavy atom. The molecule has 0 fully saturated rings. The van der Waals surface area contributed by atoms with Gasteiger partial charge in [-0.3, -0.25) is 4.79 Å². The van der Waals surface area contributed by atoms with Crippen molar-refractivity contribution in [3.8, 4) is 6.07 Å². The molecule has 4 nitrogen and oxygen atoms in total. The first-order chi connectivity index (χ1) is 8.90. The van der Waals surface area contributed by atoms with Gasteiger partial charge in [0.1, 0.15) is 24.9 Å². The number of ether oxygens (including phenoxy) is 1. The molecule has 1 aromatic rings. The van der Waals surface area contributed by atoms with Crippen molar-refractivity contribution in [2.75, 3.05) is 13.2 Å². The molecule has 1 atom stereocenters. The monoisotopic (exact) mass is 272 g/mol. The van der Waals surface area contributed by atoms with Crippen molar-refractivity contribution in [2.24, 2.45) is 5.73 Å². The first-order valence-corrected chi connectivity index (χ1v) is 5.26. The third-order valence-electron chi connectivity index (χ3n) is 2.38. The largest absolute Gasteiger partial charge is 0.369 e. The number of hydrogen-bond acceptors (Lipinski definition) is 3. The highest BCUT2D eigenvalue weighted by atomic mass is 19.3. The lowest BCUT2D eigenvalue weighted by atomic mass is 9.91. The van der Waals surface area contributed by atoms with E-state index in [4.69, 9.17) is 11.0 Å². The maximum atomic E-state index is 13.8. The lowest BCUT2D eigenvalue weighted by Crippen LogP contribution is -2.40. The zero-order valence-corrected chi connectivity index (χ0v) is 9.78. The molecule has 0 saturated heterocycles. The van der Waals surface area contributed by atoms with Crippen LogP contribution in [0.1, 0.15) is 11.5 Å². The van der Waals surface area contributed by atoms with Gasteiger partial charge in [-0.1, -0.05) is 18.2 Å². The Hall–Kier alpha value is -2.07. The molecule has 1 aromatic carbocycles. The van der Waals surface area contributed by atoms with E-state index in [0.29, 0.717) is 0 Å². The zero-order chi connectivity index (χ0) is 14.5. The number of nitrogens with zero attached hydrogens (tertiary/aromatic N) is 1. The summed E-state index contributed by atoms with van der Waals surface area (Å²) in [6.07, 6.45) is 0. The van der Waals surface area contributed by atoms with Crippen LogP contribution in [0.25, 0.3) is 0 Å². The normalized spacial score (nSPS) is 12.7. The van der Waals surface area contributed by atoms with Gasteiger partial charge in [0.05, 0.1) is 6.07 Å². The summed E-state index contributed by atoms with van der Waals surface area (Å²) in [6, 6.07) is 6.15. The first-order valence-electron chi connectivity index (χ1n) is 5.26. The summed E-state index contributed by atoms with van der Waals surface area (Å²) in [7, 11) is 0.